The molecule has 1 aliphatic carbocycles. The lowest BCUT2D eigenvalue weighted by molar-refractivity contribution is 0.138. The number of H-pyrrole nitrogens is 2. The van der Waals surface area contributed by atoms with Crippen molar-refractivity contribution in [3.8, 4) is 0 Å². The van der Waals surface area contributed by atoms with Crippen molar-refractivity contribution in [2.45, 2.75) is 49.1 Å². The summed E-state index contributed by atoms with van der Waals surface area (Å²) in [6, 6.07) is 10.4. The van der Waals surface area contributed by atoms with Gasteiger partial charge in [0.15, 0.2) is 0 Å². The van der Waals surface area contributed by atoms with E-state index in [1.54, 1.807) is 0 Å². The van der Waals surface area contributed by atoms with Crippen LogP contribution in [-0.2, 0) is 5.41 Å². The van der Waals surface area contributed by atoms with Gasteiger partial charge in [-0.15, -0.1) is 0 Å². The molecule has 2 fully saturated rings. The number of nitrogens with zero attached hydrogens (tertiary/aromatic N) is 3. The minimum Gasteiger partial charge on any atom is -0.465 e. The van der Waals surface area contributed by atoms with Crippen molar-refractivity contribution in [2.24, 2.45) is 0 Å². The number of aromatic nitrogens is 4. The predicted molar refractivity (Wildman–Crippen MR) is 132 cm³/mol. The Kier molecular flexibility index (Phi) is 5.53. The molecule has 0 bridgehead atoms. The predicted octanol–water partition coefficient (Wildman–Crippen LogP) is 4.57. The molecular formula is C27H30N6O2. The van der Waals surface area contributed by atoms with E-state index in [-0.39, 0.29) is 18.0 Å². The summed E-state index contributed by atoms with van der Waals surface area (Å²) >= 11 is 0. The van der Waals surface area contributed by atoms with Crippen LogP contribution in [0.1, 0.15) is 72.3 Å². The average Bonchev–Trinajstić information content (AvgIpc) is 3.71. The molecule has 35 heavy (non-hydrogen) atoms. The molecule has 3 aromatic rings. The minimum atomic E-state index is -0.898. The lowest BCUT2D eigenvalue weighted by atomic mass is 9.75. The maximum Gasteiger partial charge on any atom is 0.407 e. The summed E-state index contributed by atoms with van der Waals surface area (Å²) in [4.78, 5) is 29.7. The molecule has 1 aromatic carbocycles. The topological polar surface area (TPSA) is 110 Å². The van der Waals surface area contributed by atoms with Crippen molar-refractivity contribution in [1.82, 2.24) is 30.2 Å². The standard InChI is InChI=1S/C27H30N6O2/c34-26(35)33-15-5-9-21(33)25-30-17-23(32-25)27(22-16-29-24(31-22)20-8-4-14-28-20)12-10-19(11-13-27)18-6-2-1-3-7-18/h1-3,6-7,10-13,16-17,19-21,28H,4-5,8-9,14-15H2,(H,29,31)(H,30,32)(H,34,35)/t19?,20-,21-,27?/m0/s1. The van der Waals surface area contributed by atoms with Crippen LogP contribution in [0.3, 0.4) is 0 Å². The van der Waals surface area contributed by atoms with E-state index >= 15 is 0 Å². The quantitative estimate of drug-likeness (QED) is 0.409. The van der Waals surface area contributed by atoms with Gasteiger partial charge in [0.2, 0.25) is 0 Å². The Balaban J connectivity index is 1.38. The fourth-order valence-electron chi connectivity index (χ4n) is 5.67. The number of nitrogens with one attached hydrogen (secondary N) is 3. The second-order valence-corrected chi connectivity index (χ2v) is 9.67. The van der Waals surface area contributed by atoms with Crippen molar-refractivity contribution in [2.75, 3.05) is 13.1 Å². The number of hydrogen-bond acceptors (Lipinski definition) is 4. The summed E-state index contributed by atoms with van der Waals surface area (Å²) in [5.41, 5.74) is 2.52. The largest absolute Gasteiger partial charge is 0.465 e. The zero-order chi connectivity index (χ0) is 23.8. The third kappa shape index (κ3) is 3.87. The fraction of sp³-hybridized carbons (Fsp3) is 0.370. The lowest BCUT2D eigenvalue weighted by Crippen LogP contribution is -2.30. The SMILES string of the molecule is O=C(O)N1CCC[C@H]1c1ncc(C2(c3cnc([C@@H]4CCCN4)[nH]3)C=CC(c3ccccc3)C=C2)[nH]1. The Labute approximate surface area is 204 Å². The van der Waals surface area contributed by atoms with Gasteiger partial charge in [-0.1, -0.05) is 54.6 Å². The molecule has 8 nitrogen and oxygen atoms in total. The zero-order valence-electron chi connectivity index (χ0n) is 19.5. The molecule has 2 aromatic heterocycles. The van der Waals surface area contributed by atoms with E-state index in [2.05, 4.69) is 68.8 Å². The molecule has 0 unspecified atom stereocenters. The number of imidazole rings is 2. The van der Waals surface area contributed by atoms with Crippen LogP contribution in [0.5, 0.6) is 0 Å². The van der Waals surface area contributed by atoms with Gasteiger partial charge in [-0.2, -0.15) is 0 Å². The third-order valence-corrected chi connectivity index (χ3v) is 7.60. The first-order chi connectivity index (χ1) is 17.1. The van der Waals surface area contributed by atoms with E-state index in [0.29, 0.717) is 12.4 Å². The highest BCUT2D eigenvalue weighted by atomic mass is 16.4. The van der Waals surface area contributed by atoms with Crippen LogP contribution in [0.15, 0.2) is 67.0 Å². The molecule has 0 spiro atoms. The van der Waals surface area contributed by atoms with E-state index in [9.17, 15) is 9.90 Å². The Bertz CT molecular complexity index is 1240. The summed E-state index contributed by atoms with van der Waals surface area (Å²) in [6.07, 6.45) is 15.6. The normalized spacial score (nSPS) is 28.1. The molecule has 0 radical (unpaired) electrons. The summed E-state index contributed by atoms with van der Waals surface area (Å²) in [6.45, 7) is 1.55. The maximum absolute atomic E-state index is 11.7. The summed E-state index contributed by atoms with van der Waals surface area (Å²) in [7, 11) is 0. The fourth-order valence-corrected chi connectivity index (χ4v) is 5.67. The highest BCUT2D eigenvalue weighted by Gasteiger charge is 2.38. The first-order valence-electron chi connectivity index (χ1n) is 12.4. The van der Waals surface area contributed by atoms with E-state index in [1.165, 1.54) is 10.5 Å². The average molecular weight is 471 g/mol. The van der Waals surface area contributed by atoms with E-state index in [4.69, 9.17) is 4.98 Å². The Morgan fingerprint density at radius 3 is 2.37 bits per heavy atom. The molecule has 4 heterocycles. The molecule has 2 aliphatic heterocycles. The Morgan fingerprint density at radius 1 is 0.971 bits per heavy atom. The number of aromatic amines is 2. The molecule has 0 saturated carbocycles. The molecule has 2 atom stereocenters. The van der Waals surface area contributed by atoms with Crippen molar-refractivity contribution >= 4 is 6.09 Å². The smallest absolute Gasteiger partial charge is 0.407 e. The van der Waals surface area contributed by atoms with Gasteiger partial charge in [0.05, 0.1) is 28.9 Å². The minimum absolute atomic E-state index is 0.183. The maximum atomic E-state index is 11.7. The first kappa shape index (κ1) is 21.9. The van der Waals surface area contributed by atoms with Crippen molar-refractivity contribution in [3.05, 3.63) is 95.6 Å². The van der Waals surface area contributed by atoms with Gasteiger partial charge in [0, 0.05) is 24.9 Å². The molecular weight excluding hydrogens is 440 g/mol. The summed E-state index contributed by atoms with van der Waals surface area (Å²) in [5, 5.41) is 13.1. The van der Waals surface area contributed by atoms with Gasteiger partial charge in [0.1, 0.15) is 11.6 Å². The third-order valence-electron chi connectivity index (χ3n) is 7.60. The number of amides is 1. The van der Waals surface area contributed by atoms with Gasteiger partial charge in [-0.05, 0) is 37.8 Å². The van der Waals surface area contributed by atoms with Crippen molar-refractivity contribution in [3.63, 3.8) is 0 Å². The van der Waals surface area contributed by atoms with Crippen LogP contribution in [-0.4, -0.2) is 49.1 Å². The second-order valence-electron chi connectivity index (χ2n) is 9.67. The highest BCUT2D eigenvalue weighted by Crippen LogP contribution is 2.41. The first-order valence-corrected chi connectivity index (χ1v) is 12.4. The Morgan fingerprint density at radius 2 is 1.69 bits per heavy atom. The van der Waals surface area contributed by atoms with Crippen LogP contribution in [0.4, 0.5) is 4.79 Å². The van der Waals surface area contributed by atoms with E-state index in [1.807, 2.05) is 18.5 Å². The monoisotopic (exact) mass is 470 g/mol. The Hall–Kier alpha value is -3.65. The number of hydrogen-bond donors (Lipinski definition) is 4. The van der Waals surface area contributed by atoms with Crippen molar-refractivity contribution < 1.29 is 9.90 Å². The van der Waals surface area contributed by atoms with Gasteiger partial charge in [-0.25, -0.2) is 14.8 Å². The van der Waals surface area contributed by atoms with Gasteiger partial charge in [0.25, 0.3) is 0 Å². The molecule has 8 heteroatoms. The van der Waals surface area contributed by atoms with E-state index in [0.717, 1.165) is 49.4 Å². The summed E-state index contributed by atoms with van der Waals surface area (Å²) in [5.74, 6) is 1.84. The molecule has 1 amide bonds. The second kappa shape index (κ2) is 8.85. The zero-order valence-corrected chi connectivity index (χ0v) is 19.5. The number of rotatable bonds is 5. The highest BCUT2D eigenvalue weighted by molar-refractivity contribution is 5.66. The number of benzene rings is 1. The number of allylic oxidation sites excluding steroid dienone is 4. The van der Waals surface area contributed by atoms with Gasteiger partial charge >= 0.3 is 6.09 Å². The molecule has 180 valence electrons. The van der Waals surface area contributed by atoms with Crippen LogP contribution < -0.4 is 5.32 Å². The molecule has 4 N–H and O–H groups in total. The van der Waals surface area contributed by atoms with Crippen LogP contribution in [0, 0.1) is 0 Å². The molecule has 2 saturated heterocycles. The van der Waals surface area contributed by atoms with Crippen molar-refractivity contribution in [1.29, 1.82) is 0 Å². The number of carboxylic acid groups (broad SMARTS) is 1. The number of likely N-dealkylation sites (tertiary alicyclic amines) is 1. The van der Waals surface area contributed by atoms with E-state index < -0.39 is 11.5 Å². The van der Waals surface area contributed by atoms with Crippen LogP contribution in [0.25, 0.3) is 0 Å². The molecule has 6 rings (SSSR count). The number of carbonyl (C=O) groups is 1. The molecule has 3 aliphatic rings. The van der Waals surface area contributed by atoms with Gasteiger partial charge < -0.3 is 20.4 Å². The summed E-state index contributed by atoms with van der Waals surface area (Å²) < 4.78 is 0. The van der Waals surface area contributed by atoms with Crippen LogP contribution >= 0.6 is 0 Å². The van der Waals surface area contributed by atoms with Gasteiger partial charge in [-0.3, -0.25) is 4.90 Å². The van der Waals surface area contributed by atoms with Crippen LogP contribution in [0.2, 0.25) is 0 Å². The lowest BCUT2D eigenvalue weighted by Gasteiger charge is -2.29.